The van der Waals surface area contributed by atoms with E-state index in [4.69, 9.17) is 0 Å². The Balaban J connectivity index is 1.28. The fourth-order valence-electron chi connectivity index (χ4n) is 13.0. The number of hydrogen-bond acceptors (Lipinski definition) is 3. The van der Waals surface area contributed by atoms with Gasteiger partial charge in [0.2, 0.25) is 0 Å². The molecular formula is C70H46N6S. The van der Waals surface area contributed by atoms with E-state index in [1.807, 2.05) is 12.4 Å². The minimum atomic E-state index is 0.554. The number of rotatable bonds is 5. The van der Waals surface area contributed by atoms with E-state index in [0.29, 0.717) is 5.56 Å². The average Bonchev–Trinajstić information content (AvgIpc) is 4.46. The number of para-hydroxylation sites is 4. The standard InChI is InChI=1S/C70H46N6S/c1-40-21-26-49-45-13-5-9-17-56(45)73(60(49)33-40)67-54(38-71)68(74-57-18-10-6-14-46(57)50-27-22-41(2)34-61(50)74)70(76-59-20-12-8-16-48(59)52-29-24-43(4)36-63(52)76)66(44-25-30-53-55-39-72-32-31-64(55)77-65(53)37-44)69(67)75-58-19-11-7-15-47(58)51-28-23-42(3)35-62(51)75/h5-37,39H,1-4H3. The predicted molar refractivity (Wildman–Crippen MR) is 324 cm³/mol. The van der Waals surface area contributed by atoms with E-state index in [9.17, 15) is 5.26 Å². The van der Waals surface area contributed by atoms with Gasteiger partial charge in [-0.05, 0) is 116 Å². The summed E-state index contributed by atoms with van der Waals surface area (Å²) in [5.74, 6) is 0. The first-order valence-corrected chi connectivity index (χ1v) is 27.1. The smallest absolute Gasteiger partial charge is 0.104 e. The van der Waals surface area contributed by atoms with Crippen LogP contribution >= 0.6 is 11.3 Å². The van der Waals surface area contributed by atoms with E-state index in [0.717, 1.165) is 159 Å². The summed E-state index contributed by atoms with van der Waals surface area (Å²) in [5.41, 5.74) is 18.9. The highest BCUT2D eigenvalue weighted by Crippen LogP contribution is 2.53. The molecule has 16 aromatic rings. The van der Waals surface area contributed by atoms with Crippen molar-refractivity contribution in [1.82, 2.24) is 23.3 Å². The van der Waals surface area contributed by atoms with Crippen molar-refractivity contribution < 1.29 is 0 Å². The van der Waals surface area contributed by atoms with Crippen LogP contribution in [0.5, 0.6) is 0 Å². The molecule has 0 unspecified atom stereocenters. The molecule has 0 aliphatic rings. The molecule has 0 atom stereocenters. The summed E-state index contributed by atoms with van der Waals surface area (Å²) in [4.78, 5) is 4.62. The number of benzene rings is 10. The SMILES string of the molecule is Cc1ccc2c3ccccc3n(-c3c(C#N)c(-n4c5ccccc5c5ccc(C)cc54)c(-n4c5ccccc5c5ccc(C)cc54)c(-c4ccc5c(c4)sc4ccncc45)c3-n3c4ccccc4c4ccc(C)cc43)c2c1. The largest absolute Gasteiger partial charge is 0.306 e. The van der Waals surface area contributed by atoms with Gasteiger partial charge in [-0.15, -0.1) is 11.3 Å². The van der Waals surface area contributed by atoms with Crippen molar-refractivity contribution in [1.29, 1.82) is 5.26 Å². The van der Waals surface area contributed by atoms with Crippen LogP contribution in [0.3, 0.4) is 0 Å². The van der Waals surface area contributed by atoms with Crippen molar-refractivity contribution >= 4 is 119 Å². The fraction of sp³-hybridized carbons (Fsp3) is 0.0571. The number of aromatic nitrogens is 5. The molecule has 0 amide bonds. The van der Waals surface area contributed by atoms with Gasteiger partial charge in [-0.3, -0.25) is 4.98 Å². The highest BCUT2D eigenvalue weighted by molar-refractivity contribution is 7.25. The molecule has 0 spiro atoms. The Morgan fingerprint density at radius 2 is 0.714 bits per heavy atom. The minimum Gasteiger partial charge on any atom is -0.306 e. The molecule has 77 heavy (non-hydrogen) atoms. The van der Waals surface area contributed by atoms with Crippen molar-refractivity contribution in [2.24, 2.45) is 0 Å². The second kappa shape index (κ2) is 16.1. The quantitative estimate of drug-likeness (QED) is 0.172. The maximum Gasteiger partial charge on any atom is 0.104 e. The Labute approximate surface area is 446 Å². The first-order chi connectivity index (χ1) is 37.8. The molecule has 0 bridgehead atoms. The van der Waals surface area contributed by atoms with Gasteiger partial charge in [0.15, 0.2) is 0 Å². The van der Waals surface area contributed by atoms with Crippen LogP contribution in [0.2, 0.25) is 0 Å². The van der Waals surface area contributed by atoms with Crippen molar-refractivity contribution in [3.05, 3.63) is 234 Å². The molecule has 0 aliphatic carbocycles. The summed E-state index contributed by atoms with van der Waals surface area (Å²) in [6.45, 7) is 8.71. The van der Waals surface area contributed by atoms with Gasteiger partial charge in [0.05, 0.1) is 66.9 Å². The van der Waals surface area contributed by atoms with Gasteiger partial charge < -0.3 is 18.3 Å². The first kappa shape index (κ1) is 43.6. The van der Waals surface area contributed by atoms with E-state index in [-0.39, 0.29) is 0 Å². The number of pyridine rings is 1. The molecule has 6 nitrogen and oxygen atoms in total. The molecule has 16 rings (SSSR count). The van der Waals surface area contributed by atoms with E-state index in [2.05, 4.69) is 251 Å². The summed E-state index contributed by atoms with van der Waals surface area (Å²) in [7, 11) is 0. The van der Waals surface area contributed by atoms with Crippen molar-refractivity contribution in [3.8, 4) is 39.9 Å². The number of fused-ring (bicyclic) bond motifs is 15. The highest BCUT2D eigenvalue weighted by Gasteiger charge is 2.35. The molecule has 6 aromatic heterocycles. The predicted octanol–water partition coefficient (Wildman–Crippen LogP) is 18.6. The zero-order valence-electron chi connectivity index (χ0n) is 42.7. The average molecular weight is 1000 g/mol. The maximum atomic E-state index is 13.0. The van der Waals surface area contributed by atoms with Crippen molar-refractivity contribution in [3.63, 3.8) is 0 Å². The maximum absolute atomic E-state index is 13.0. The minimum absolute atomic E-state index is 0.554. The van der Waals surface area contributed by atoms with Crippen LogP contribution in [-0.2, 0) is 0 Å². The molecule has 6 heterocycles. The lowest BCUT2D eigenvalue weighted by Gasteiger charge is -2.29. The molecule has 0 fully saturated rings. The Kier molecular flexibility index (Phi) is 9.14. The van der Waals surface area contributed by atoms with Crippen LogP contribution in [0.1, 0.15) is 27.8 Å². The molecule has 10 aromatic carbocycles. The number of nitriles is 1. The van der Waals surface area contributed by atoms with E-state index in [1.165, 1.54) is 4.70 Å². The molecule has 0 aliphatic heterocycles. The summed E-state index contributed by atoms with van der Waals surface area (Å²) in [5, 5.41) is 24.3. The highest BCUT2D eigenvalue weighted by atomic mass is 32.1. The number of aryl methyl sites for hydroxylation is 4. The third-order valence-corrected chi connectivity index (χ3v) is 17.4. The summed E-state index contributed by atoms with van der Waals surface area (Å²) >= 11 is 1.80. The van der Waals surface area contributed by atoms with Gasteiger partial charge in [-0.25, -0.2) is 0 Å². The van der Waals surface area contributed by atoms with Gasteiger partial charge >= 0.3 is 0 Å². The van der Waals surface area contributed by atoms with Crippen LogP contribution in [0.4, 0.5) is 0 Å². The summed E-state index contributed by atoms with van der Waals surface area (Å²) < 4.78 is 12.2. The van der Waals surface area contributed by atoms with Crippen LogP contribution in [0.25, 0.3) is 141 Å². The van der Waals surface area contributed by atoms with Crippen LogP contribution < -0.4 is 0 Å². The Morgan fingerprint density at radius 3 is 1.12 bits per heavy atom. The fourth-order valence-corrected chi connectivity index (χ4v) is 14.1. The van der Waals surface area contributed by atoms with Gasteiger partial charge in [0.1, 0.15) is 11.6 Å². The zero-order valence-corrected chi connectivity index (χ0v) is 43.5. The molecule has 0 N–H and O–H groups in total. The van der Waals surface area contributed by atoms with Gasteiger partial charge in [0, 0.05) is 81.2 Å². The van der Waals surface area contributed by atoms with Gasteiger partial charge in [0.25, 0.3) is 0 Å². The lowest BCUT2D eigenvalue weighted by Crippen LogP contribution is -2.16. The summed E-state index contributed by atoms with van der Waals surface area (Å²) in [6, 6.07) is 74.6. The Morgan fingerprint density at radius 1 is 0.351 bits per heavy atom. The Hall–Kier alpha value is -9.74. The van der Waals surface area contributed by atoms with Crippen LogP contribution in [0.15, 0.2) is 207 Å². The molecule has 0 saturated heterocycles. The topological polar surface area (TPSA) is 56.4 Å². The lowest BCUT2D eigenvalue weighted by atomic mass is 9.93. The molecular weight excluding hydrogens is 957 g/mol. The Bertz CT molecular complexity index is 5030. The van der Waals surface area contributed by atoms with E-state index < -0.39 is 0 Å². The van der Waals surface area contributed by atoms with E-state index in [1.54, 1.807) is 11.3 Å². The van der Waals surface area contributed by atoms with Gasteiger partial charge in [-0.1, -0.05) is 133 Å². The lowest BCUT2D eigenvalue weighted by molar-refractivity contribution is 1.03. The number of hydrogen-bond donors (Lipinski definition) is 0. The molecule has 0 saturated carbocycles. The van der Waals surface area contributed by atoms with Crippen LogP contribution in [0, 0.1) is 39.0 Å². The van der Waals surface area contributed by atoms with E-state index >= 15 is 0 Å². The summed E-state index contributed by atoms with van der Waals surface area (Å²) in [6.07, 6.45) is 3.89. The molecule has 0 radical (unpaired) electrons. The number of nitrogens with zero attached hydrogens (tertiary/aromatic N) is 6. The monoisotopic (exact) mass is 1000 g/mol. The second-order valence-corrected chi connectivity index (χ2v) is 22.0. The first-order valence-electron chi connectivity index (χ1n) is 26.2. The van der Waals surface area contributed by atoms with Crippen LogP contribution in [-0.4, -0.2) is 23.3 Å². The second-order valence-electron chi connectivity index (χ2n) is 20.9. The molecule has 7 heteroatoms. The third kappa shape index (κ3) is 6.07. The third-order valence-electron chi connectivity index (χ3n) is 16.3. The van der Waals surface area contributed by atoms with Crippen molar-refractivity contribution in [2.45, 2.75) is 27.7 Å². The van der Waals surface area contributed by atoms with Gasteiger partial charge in [-0.2, -0.15) is 5.26 Å². The zero-order chi connectivity index (χ0) is 51.4. The molecule has 362 valence electrons. The number of thiophene rings is 1. The normalized spacial score (nSPS) is 12.1. The van der Waals surface area contributed by atoms with Crippen molar-refractivity contribution in [2.75, 3.05) is 0 Å².